The summed E-state index contributed by atoms with van der Waals surface area (Å²) in [4.78, 5) is 39.3. The maximum absolute atomic E-state index is 13.3. The average Bonchev–Trinajstić information content (AvgIpc) is 3.06. The highest BCUT2D eigenvalue weighted by molar-refractivity contribution is 6.02. The highest BCUT2D eigenvalue weighted by Gasteiger charge is 2.43. The molecule has 1 spiro atoms. The SMILES string of the molecule is Cc1ccc(Oc2ccnc(C(=O)NC3CCc4cc(CN5CC6(CCOCC6)C5)cnc4N(C)C3=O)c2)cc1. The molecule has 3 aromatic rings. The van der Waals surface area contributed by atoms with E-state index in [1.807, 2.05) is 37.4 Å². The van der Waals surface area contributed by atoms with Gasteiger partial charge in [0, 0.05) is 63.8 Å². The van der Waals surface area contributed by atoms with Gasteiger partial charge < -0.3 is 14.8 Å². The van der Waals surface area contributed by atoms with Gasteiger partial charge in [0.05, 0.1) is 0 Å². The van der Waals surface area contributed by atoms with Crippen molar-refractivity contribution in [1.82, 2.24) is 20.2 Å². The summed E-state index contributed by atoms with van der Waals surface area (Å²) in [7, 11) is 1.72. The van der Waals surface area contributed by atoms with E-state index in [1.54, 1.807) is 24.1 Å². The zero-order chi connectivity index (χ0) is 27.7. The molecule has 1 aromatic carbocycles. The van der Waals surface area contributed by atoms with Gasteiger partial charge in [0.2, 0.25) is 5.91 Å². The second-order valence-corrected chi connectivity index (χ2v) is 11.3. The van der Waals surface area contributed by atoms with E-state index in [0.29, 0.717) is 35.6 Å². The highest BCUT2D eigenvalue weighted by Crippen LogP contribution is 2.40. The summed E-state index contributed by atoms with van der Waals surface area (Å²) in [6.45, 7) is 6.81. The summed E-state index contributed by atoms with van der Waals surface area (Å²) >= 11 is 0. The van der Waals surface area contributed by atoms with Gasteiger partial charge in [-0.1, -0.05) is 17.7 Å². The smallest absolute Gasteiger partial charge is 0.270 e. The van der Waals surface area contributed by atoms with Crippen LogP contribution in [0, 0.1) is 12.3 Å². The van der Waals surface area contributed by atoms with E-state index in [0.717, 1.165) is 62.4 Å². The van der Waals surface area contributed by atoms with E-state index in [2.05, 4.69) is 26.3 Å². The predicted molar refractivity (Wildman–Crippen MR) is 150 cm³/mol. The molecule has 208 valence electrons. The number of carbonyl (C=O) groups excluding carboxylic acids is 2. The lowest BCUT2D eigenvalue weighted by atomic mass is 9.73. The van der Waals surface area contributed by atoms with E-state index >= 15 is 0 Å². The van der Waals surface area contributed by atoms with Crippen LogP contribution < -0.4 is 15.0 Å². The lowest BCUT2D eigenvalue weighted by molar-refractivity contribution is -0.120. The number of ether oxygens (including phenoxy) is 2. The van der Waals surface area contributed by atoms with Gasteiger partial charge in [0.15, 0.2) is 0 Å². The third-order valence-electron chi connectivity index (χ3n) is 8.25. The van der Waals surface area contributed by atoms with E-state index in [4.69, 9.17) is 9.47 Å². The number of hydrogen-bond acceptors (Lipinski definition) is 7. The van der Waals surface area contributed by atoms with Crippen molar-refractivity contribution in [3.8, 4) is 11.5 Å². The second-order valence-electron chi connectivity index (χ2n) is 11.3. The number of benzene rings is 1. The molecule has 0 bridgehead atoms. The maximum Gasteiger partial charge on any atom is 0.270 e. The van der Waals surface area contributed by atoms with Gasteiger partial charge in [-0.2, -0.15) is 0 Å². The molecular weight excluding hydrogens is 506 g/mol. The number of anilines is 1. The Bertz CT molecular complexity index is 1400. The fraction of sp³-hybridized carbons (Fsp3) is 0.419. The van der Waals surface area contributed by atoms with Crippen LogP contribution in [0.15, 0.2) is 54.9 Å². The number of pyridine rings is 2. The summed E-state index contributed by atoms with van der Waals surface area (Å²) in [5, 5.41) is 2.89. The zero-order valence-corrected chi connectivity index (χ0v) is 23.1. The van der Waals surface area contributed by atoms with Crippen molar-refractivity contribution in [2.75, 3.05) is 38.3 Å². The third-order valence-corrected chi connectivity index (χ3v) is 8.25. The minimum Gasteiger partial charge on any atom is -0.457 e. The molecule has 6 rings (SSSR count). The standard InChI is InChI=1S/C31H35N5O4/c1-21-3-6-24(7-4-21)40-25-9-12-32-27(16-25)29(37)34-26-8-5-23-15-22(17-33-28(23)35(2)30(26)38)18-36-19-31(20-36)10-13-39-14-11-31/h3-4,6-7,9,12,15-17,26H,5,8,10-11,13-14,18-20H2,1-2H3,(H,34,37). The number of likely N-dealkylation sites (N-methyl/N-ethyl adjacent to an activating group) is 1. The minimum atomic E-state index is -0.678. The molecule has 9 nitrogen and oxygen atoms in total. The molecular formula is C31H35N5O4. The zero-order valence-electron chi connectivity index (χ0n) is 23.1. The summed E-state index contributed by atoms with van der Waals surface area (Å²) in [6, 6.07) is 12.4. The first-order chi connectivity index (χ1) is 19.4. The Morgan fingerprint density at radius 3 is 2.65 bits per heavy atom. The molecule has 2 saturated heterocycles. The number of hydrogen-bond donors (Lipinski definition) is 1. The molecule has 0 aliphatic carbocycles. The molecule has 5 heterocycles. The van der Waals surface area contributed by atoms with E-state index in [9.17, 15) is 9.59 Å². The van der Waals surface area contributed by atoms with Crippen LogP contribution in [-0.4, -0.2) is 66.1 Å². The normalized spacial score (nSPS) is 20.4. The Labute approximate surface area is 234 Å². The first kappa shape index (κ1) is 26.4. The van der Waals surface area contributed by atoms with Gasteiger partial charge in [0.1, 0.15) is 29.1 Å². The van der Waals surface area contributed by atoms with Crippen LogP contribution in [-0.2, 0) is 22.5 Å². The van der Waals surface area contributed by atoms with Gasteiger partial charge in [-0.15, -0.1) is 0 Å². The molecule has 2 fully saturated rings. The predicted octanol–water partition coefficient (Wildman–Crippen LogP) is 3.90. The van der Waals surface area contributed by atoms with Gasteiger partial charge in [-0.05, 0) is 68.0 Å². The van der Waals surface area contributed by atoms with Crippen LogP contribution >= 0.6 is 0 Å². The van der Waals surface area contributed by atoms with Crippen LogP contribution in [0.1, 0.15) is 46.4 Å². The average molecular weight is 542 g/mol. The lowest BCUT2D eigenvalue weighted by Crippen LogP contribution is -2.57. The maximum atomic E-state index is 13.3. The third kappa shape index (κ3) is 5.57. The summed E-state index contributed by atoms with van der Waals surface area (Å²) in [6.07, 6.45) is 6.82. The van der Waals surface area contributed by atoms with E-state index in [1.165, 1.54) is 6.20 Å². The monoisotopic (exact) mass is 541 g/mol. The van der Waals surface area contributed by atoms with Crippen molar-refractivity contribution in [2.45, 2.75) is 45.2 Å². The Morgan fingerprint density at radius 2 is 1.88 bits per heavy atom. The highest BCUT2D eigenvalue weighted by atomic mass is 16.5. The molecule has 9 heteroatoms. The number of amides is 2. The number of fused-ring (bicyclic) bond motifs is 1. The fourth-order valence-corrected chi connectivity index (χ4v) is 5.99. The summed E-state index contributed by atoms with van der Waals surface area (Å²) in [5.41, 5.74) is 3.93. The molecule has 3 aliphatic heterocycles. The Hall–Kier alpha value is -3.82. The number of likely N-dealkylation sites (tertiary alicyclic amines) is 1. The van der Waals surface area contributed by atoms with Gasteiger partial charge >= 0.3 is 0 Å². The molecule has 1 N–H and O–H groups in total. The first-order valence-corrected chi connectivity index (χ1v) is 13.9. The van der Waals surface area contributed by atoms with Crippen molar-refractivity contribution < 1.29 is 19.1 Å². The molecule has 2 aromatic heterocycles. The van der Waals surface area contributed by atoms with Crippen molar-refractivity contribution in [3.05, 3.63) is 77.2 Å². The van der Waals surface area contributed by atoms with Crippen LogP contribution in [0.4, 0.5) is 5.82 Å². The Morgan fingerprint density at radius 1 is 1.10 bits per heavy atom. The topological polar surface area (TPSA) is 96.9 Å². The molecule has 40 heavy (non-hydrogen) atoms. The van der Waals surface area contributed by atoms with Crippen molar-refractivity contribution in [1.29, 1.82) is 0 Å². The fourth-order valence-electron chi connectivity index (χ4n) is 5.99. The molecule has 0 radical (unpaired) electrons. The Kier molecular flexibility index (Phi) is 7.25. The molecule has 1 atom stereocenters. The minimum absolute atomic E-state index is 0.191. The van der Waals surface area contributed by atoms with Gasteiger partial charge in [-0.3, -0.25) is 24.4 Å². The van der Waals surface area contributed by atoms with Crippen LogP contribution in [0.3, 0.4) is 0 Å². The van der Waals surface area contributed by atoms with Crippen molar-refractivity contribution in [2.24, 2.45) is 5.41 Å². The van der Waals surface area contributed by atoms with E-state index < -0.39 is 11.9 Å². The number of nitrogens with one attached hydrogen (secondary N) is 1. The van der Waals surface area contributed by atoms with Gasteiger partial charge in [0.25, 0.3) is 5.91 Å². The lowest BCUT2D eigenvalue weighted by Gasteiger charge is -2.52. The molecule has 0 saturated carbocycles. The Balaban J connectivity index is 1.09. The number of rotatable bonds is 6. The number of carbonyl (C=O) groups is 2. The quantitative estimate of drug-likeness (QED) is 0.506. The van der Waals surface area contributed by atoms with Crippen LogP contribution in [0.2, 0.25) is 0 Å². The number of nitrogens with zero attached hydrogens (tertiary/aromatic N) is 4. The number of aromatic nitrogens is 2. The van der Waals surface area contributed by atoms with Crippen LogP contribution in [0.5, 0.6) is 11.5 Å². The first-order valence-electron chi connectivity index (χ1n) is 13.9. The van der Waals surface area contributed by atoms with E-state index in [-0.39, 0.29) is 11.6 Å². The summed E-state index contributed by atoms with van der Waals surface area (Å²) in [5.74, 6) is 1.22. The molecule has 1 unspecified atom stereocenters. The second kappa shape index (κ2) is 11.0. The largest absolute Gasteiger partial charge is 0.457 e. The van der Waals surface area contributed by atoms with Crippen molar-refractivity contribution >= 4 is 17.6 Å². The van der Waals surface area contributed by atoms with Crippen molar-refractivity contribution in [3.63, 3.8) is 0 Å². The number of aryl methyl sites for hydroxylation is 2. The van der Waals surface area contributed by atoms with Gasteiger partial charge in [-0.25, -0.2) is 4.98 Å². The molecule has 3 aliphatic rings. The van der Waals surface area contributed by atoms with Crippen LogP contribution in [0.25, 0.3) is 0 Å². The molecule has 2 amide bonds. The summed E-state index contributed by atoms with van der Waals surface area (Å²) < 4.78 is 11.4.